The van der Waals surface area contributed by atoms with Crippen LogP contribution in [0.5, 0.6) is 0 Å². The van der Waals surface area contributed by atoms with E-state index in [2.05, 4.69) is 26.5 Å². The van der Waals surface area contributed by atoms with Gasteiger partial charge in [0.15, 0.2) is 0 Å². The summed E-state index contributed by atoms with van der Waals surface area (Å²) in [6.45, 7) is 1.71. The number of amides is 1. The van der Waals surface area contributed by atoms with Crippen molar-refractivity contribution < 1.29 is 14.6 Å². The zero-order valence-corrected chi connectivity index (χ0v) is 15.1. The minimum Gasteiger partial charge on any atom is -0.273 e. The number of hydrogen-bond donors (Lipinski definition) is 1. The quantitative estimate of drug-likeness (QED) is 0.435. The Kier molecular flexibility index (Phi) is 6.12. The van der Waals surface area contributed by atoms with Crippen LogP contribution in [-0.4, -0.2) is 21.5 Å². The van der Waals surface area contributed by atoms with E-state index in [1.165, 1.54) is 6.07 Å². The van der Waals surface area contributed by atoms with Crippen LogP contribution >= 0.6 is 15.9 Å². The summed E-state index contributed by atoms with van der Waals surface area (Å²) in [5, 5.41) is 25.8. The SMILES string of the molecule is C/C(=N\NC(=O)Cc1ccc([N+](=O)[O-])cc1[N+](=O)[O-])c1ccc(Br)cc1. The Hall–Kier alpha value is -3.14. The van der Waals surface area contributed by atoms with E-state index in [9.17, 15) is 25.0 Å². The lowest BCUT2D eigenvalue weighted by molar-refractivity contribution is -0.394. The number of halogens is 1. The van der Waals surface area contributed by atoms with Crippen molar-refractivity contribution in [1.82, 2.24) is 5.43 Å². The van der Waals surface area contributed by atoms with E-state index < -0.39 is 27.1 Å². The summed E-state index contributed by atoms with van der Waals surface area (Å²) in [6, 6.07) is 10.4. The van der Waals surface area contributed by atoms with Gasteiger partial charge >= 0.3 is 0 Å². The molecule has 2 aromatic carbocycles. The zero-order chi connectivity index (χ0) is 19.3. The predicted molar refractivity (Wildman–Crippen MR) is 98.0 cm³/mol. The van der Waals surface area contributed by atoms with Crippen molar-refractivity contribution in [1.29, 1.82) is 0 Å². The predicted octanol–water partition coefficient (Wildman–Crippen LogP) is 3.35. The molecule has 0 saturated carbocycles. The first-order valence-corrected chi connectivity index (χ1v) is 8.08. The Morgan fingerprint density at radius 1 is 1.12 bits per heavy atom. The van der Waals surface area contributed by atoms with Crippen LogP contribution in [0, 0.1) is 20.2 Å². The van der Waals surface area contributed by atoms with Gasteiger partial charge in [-0.15, -0.1) is 0 Å². The number of nitro groups is 2. The van der Waals surface area contributed by atoms with Crippen LogP contribution in [-0.2, 0) is 11.2 Å². The summed E-state index contributed by atoms with van der Waals surface area (Å²) in [4.78, 5) is 32.3. The molecule has 26 heavy (non-hydrogen) atoms. The van der Waals surface area contributed by atoms with Gasteiger partial charge in [0, 0.05) is 16.1 Å². The molecule has 1 N–H and O–H groups in total. The Morgan fingerprint density at radius 3 is 2.35 bits per heavy atom. The van der Waals surface area contributed by atoms with Crippen LogP contribution in [0.1, 0.15) is 18.1 Å². The molecule has 134 valence electrons. The molecule has 0 radical (unpaired) electrons. The molecule has 0 aliphatic rings. The Morgan fingerprint density at radius 2 is 1.77 bits per heavy atom. The zero-order valence-electron chi connectivity index (χ0n) is 13.5. The smallest absolute Gasteiger partial charge is 0.273 e. The largest absolute Gasteiger partial charge is 0.279 e. The highest BCUT2D eigenvalue weighted by molar-refractivity contribution is 9.10. The van der Waals surface area contributed by atoms with Gasteiger partial charge in [-0.3, -0.25) is 25.0 Å². The summed E-state index contributed by atoms with van der Waals surface area (Å²) in [5.41, 5.74) is 2.86. The maximum atomic E-state index is 12.0. The van der Waals surface area contributed by atoms with Crippen LogP contribution in [0.15, 0.2) is 52.0 Å². The van der Waals surface area contributed by atoms with Gasteiger partial charge in [-0.25, -0.2) is 5.43 Å². The first-order chi connectivity index (χ1) is 12.3. The Bertz CT molecular complexity index is 896. The number of nitro benzene ring substituents is 2. The first kappa shape index (κ1) is 19.2. The van der Waals surface area contributed by atoms with E-state index in [0.29, 0.717) is 5.71 Å². The number of rotatable bonds is 6. The van der Waals surface area contributed by atoms with Crippen LogP contribution in [0.2, 0.25) is 0 Å². The van der Waals surface area contributed by atoms with E-state index in [1.54, 1.807) is 6.92 Å². The van der Waals surface area contributed by atoms with Crippen LogP contribution in [0.4, 0.5) is 11.4 Å². The van der Waals surface area contributed by atoms with Gasteiger partial charge in [-0.1, -0.05) is 28.1 Å². The van der Waals surface area contributed by atoms with Gasteiger partial charge < -0.3 is 0 Å². The summed E-state index contributed by atoms with van der Waals surface area (Å²) < 4.78 is 0.906. The minimum absolute atomic E-state index is 0.0644. The molecule has 0 spiro atoms. The normalized spacial score (nSPS) is 11.1. The fraction of sp³-hybridized carbons (Fsp3) is 0.125. The molecule has 0 aromatic heterocycles. The van der Waals surface area contributed by atoms with Gasteiger partial charge in [-0.05, 0) is 30.7 Å². The van der Waals surface area contributed by atoms with Gasteiger partial charge in [0.25, 0.3) is 11.4 Å². The van der Waals surface area contributed by atoms with Crippen LogP contribution in [0.3, 0.4) is 0 Å². The molecule has 0 aliphatic carbocycles. The van der Waals surface area contributed by atoms with E-state index in [0.717, 1.165) is 22.2 Å². The maximum Gasteiger partial charge on any atom is 0.279 e. The van der Waals surface area contributed by atoms with Crippen molar-refractivity contribution in [3.05, 3.63) is 78.3 Å². The molecule has 0 saturated heterocycles. The lowest BCUT2D eigenvalue weighted by Crippen LogP contribution is -2.21. The molecule has 10 heteroatoms. The second kappa shape index (κ2) is 8.30. The van der Waals surface area contributed by atoms with Crippen LogP contribution < -0.4 is 5.43 Å². The Labute approximate surface area is 156 Å². The molecule has 2 aromatic rings. The highest BCUT2D eigenvalue weighted by Gasteiger charge is 2.21. The highest BCUT2D eigenvalue weighted by Crippen LogP contribution is 2.25. The molecule has 0 bridgehead atoms. The second-order valence-corrected chi connectivity index (χ2v) is 6.16. The van der Waals surface area contributed by atoms with Gasteiger partial charge in [-0.2, -0.15) is 5.10 Å². The molecular weight excluding hydrogens is 408 g/mol. The summed E-state index contributed by atoms with van der Waals surface area (Å²) in [6.07, 6.45) is -0.328. The average molecular weight is 421 g/mol. The van der Waals surface area contributed by atoms with E-state index in [-0.39, 0.29) is 12.0 Å². The third-order valence-electron chi connectivity index (χ3n) is 3.44. The molecule has 9 nitrogen and oxygen atoms in total. The number of carbonyl (C=O) groups excluding carboxylic acids is 1. The molecule has 0 aliphatic heterocycles. The van der Waals surface area contributed by atoms with Crippen molar-refractivity contribution in [3.63, 3.8) is 0 Å². The number of hydrazone groups is 1. The molecule has 0 atom stereocenters. The van der Waals surface area contributed by atoms with Crippen molar-refractivity contribution in [2.24, 2.45) is 5.10 Å². The number of hydrogen-bond acceptors (Lipinski definition) is 6. The number of carbonyl (C=O) groups is 1. The molecule has 0 heterocycles. The monoisotopic (exact) mass is 420 g/mol. The summed E-state index contributed by atoms with van der Waals surface area (Å²) >= 11 is 3.32. The van der Waals surface area contributed by atoms with Gasteiger partial charge in [0.1, 0.15) is 0 Å². The standard InChI is InChI=1S/C16H13BrN4O5/c1-10(11-2-5-13(17)6-3-11)18-19-16(22)8-12-4-7-14(20(23)24)9-15(12)21(25)26/h2-7,9H,8H2,1H3,(H,19,22)/b18-10+. The molecule has 0 unspecified atom stereocenters. The minimum atomic E-state index is -0.758. The highest BCUT2D eigenvalue weighted by atomic mass is 79.9. The molecule has 1 amide bonds. The van der Waals surface area contributed by atoms with Crippen molar-refractivity contribution >= 4 is 38.9 Å². The van der Waals surface area contributed by atoms with Crippen molar-refractivity contribution in [3.8, 4) is 0 Å². The van der Waals surface area contributed by atoms with E-state index in [1.807, 2.05) is 24.3 Å². The van der Waals surface area contributed by atoms with Gasteiger partial charge in [0.2, 0.25) is 5.91 Å². The fourth-order valence-corrected chi connectivity index (χ4v) is 2.36. The fourth-order valence-electron chi connectivity index (χ4n) is 2.10. The summed E-state index contributed by atoms with van der Waals surface area (Å²) in [5.74, 6) is -0.571. The molecule has 0 fully saturated rings. The number of benzene rings is 2. The third kappa shape index (κ3) is 4.93. The third-order valence-corrected chi connectivity index (χ3v) is 3.97. The van der Waals surface area contributed by atoms with Crippen LogP contribution in [0.25, 0.3) is 0 Å². The topological polar surface area (TPSA) is 128 Å². The van der Waals surface area contributed by atoms with Crippen molar-refractivity contribution in [2.75, 3.05) is 0 Å². The number of nitrogens with zero attached hydrogens (tertiary/aromatic N) is 3. The Balaban J connectivity index is 2.12. The van der Waals surface area contributed by atoms with E-state index >= 15 is 0 Å². The molecule has 2 rings (SSSR count). The average Bonchev–Trinajstić information content (AvgIpc) is 2.60. The maximum absolute atomic E-state index is 12.0. The van der Waals surface area contributed by atoms with E-state index in [4.69, 9.17) is 0 Å². The lowest BCUT2D eigenvalue weighted by Gasteiger charge is -2.04. The second-order valence-electron chi connectivity index (χ2n) is 5.24. The number of nitrogens with one attached hydrogen (secondary N) is 1. The molecular formula is C16H13BrN4O5. The summed E-state index contributed by atoms with van der Waals surface area (Å²) in [7, 11) is 0. The van der Waals surface area contributed by atoms with Crippen molar-refractivity contribution in [2.45, 2.75) is 13.3 Å². The van der Waals surface area contributed by atoms with Gasteiger partial charge in [0.05, 0.1) is 28.0 Å². The lowest BCUT2D eigenvalue weighted by atomic mass is 10.1. The number of non-ortho nitro benzene ring substituents is 1. The first-order valence-electron chi connectivity index (χ1n) is 7.28.